The Kier molecular flexibility index (Phi) is 5.35. The van der Waals surface area contributed by atoms with E-state index in [1.807, 2.05) is 20.2 Å². The van der Waals surface area contributed by atoms with Crippen molar-refractivity contribution in [1.82, 2.24) is 20.4 Å². The molecule has 2 amide bonds. The van der Waals surface area contributed by atoms with Crippen LogP contribution < -0.4 is 10.6 Å². The van der Waals surface area contributed by atoms with Crippen LogP contribution in [0.4, 0.5) is 4.79 Å². The Bertz CT molecular complexity index is 456. The molecular formula is C12H20N4O3. The van der Waals surface area contributed by atoms with Gasteiger partial charge in [-0.3, -0.25) is 4.68 Å². The van der Waals surface area contributed by atoms with Crippen molar-refractivity contribution in [2.24, 2.45) is 7.05 Å². The zero-order valence-corrected chi connectivity index (χ0v) is 11.4. The van der Waals surface area contributed by atoms with Crippen LogP contribution in [0.3, 0.4) is 0 Å². The van der Waals surface area contributed by atoms with E-state index >= 15 is 0 Å². The third-order valence-electron chi connectivity index (χ3n) is 2.78. The summed E-state index contributed by atoms with van der Waals surface area (Å²) >= 11 is 0. The van der Waals surface area contributed by atoms with Gasteiger partial charge in [0.2, 0.25) is 0 Å². The number of rotatable bonds is 6. The molecular weight excluding hydrogens is 248 g/mol. The Balaban J connectivity index is 2.52. The van der Waals surface area contributed by atoms with Gasteiger partial charge in [0.1, 0.15) is 6.04 Å². The smallest absolute Gasteiger partial charge is 0.326 e. The van der Waals surface area contributed by atoms with E-state index in [-0.39, 0.29) is 0 Å². The number of urea groups is 1. The van der Waals surface area contributed by atoms with E-state index in [1.54, 1.807) is 11.6 Å². The van der Waals surface area contributed by atoms with Gasteiger partial charge >= 0.3 is 12.0 Å². The molecule has 106 valence electrons. The molecule has 1 aromatic rings. The SMILES string of the molecule is CCc1nn(C)cc1CNC(=O)N[C@@H](CC)C(=O)O. The Morgan fingerprint density at radius 2 is 2.16 bits per heavy atom. The molecule has 0 saturated heterocycles. The van der Waals surface area contributed by atoms with E-state index in [0.717, 1.165) is 17.7 Å². The van der Waals surface area contributed by atoms with Gasteiger partial charge in [-0.05, 0) is 12.8 Å². The molecule has 7 nitrogen and oxygen atoms in total. The zero-order valence-electron chi connectivity index (χ0n) is 11.4. The first-order chi connectivity index (χ1) is 8.97. The molecule has 0 aliphatic heterocycles. The summed E-state index contributed by atoms with van der Waals surface area (Å²) in [7, 11) is 1.82. The van der Waals surface area contributed by atoms with Crippen molar-refractivity contribution in [2.45, 2.75) is 39.3 Å². The monoisotopic (exact) mass is 268 g/mol. The first-order valence-electron chi connectivity index (χ1n) is 6.26. The molecule has 1 atom stereocenters. The summed E-state index contributed by atoms with van der Waals surface area (Å²) in [5.74, 6) is -1.03. The number of carboxylic acid groups (broad SMARTS) is 1. The van der Waals surface area contributed by atoms with Gasteiger partial charge in [0.05, 0.1) is 5.69 Å². The van der Waals surface area contributed by atoms with E-state index in [9.17, 15) is 9.59 Å². The molecule has 0 spiro atoms. The van der Waals surface area contributed by atoms with Gasteiger partial charge < -0.3 is 15.7 Å². The molecule has 19 heavy (non-hydrogen) atoms. The number of aliphatic carboxylic acids is 1. The Morgan fingerprint density at radius 1 is 1.47 bits per heavy atom. The van der Waals surface area contributed by atoms with Crippen LogP contribution in [0.5, 0.6) is 0 Å². The van der Waals surface area contributed by atoms with Crippen LogP contribution in [-0.2, 0) is 24.8 Å². The molecule has 7 heteroatoms. The normalized spacial score (nSPS) is 11.9. The maximum atomic E-state index is 11.6. The lowest BCUT2D eigenvalue weighted by molar-refractivity contribution is -0.139. The fourth-order valence-corrected chi connectivity index (χ4v) is 1.75. The number of carboxylic acids is 1. The van der Waals surface area contributed by atoms with Crippen molar-refractivity contribution < 1.29 is 14.7 Å². The molecule has 1 aromatic heterocycles. The molecule has 0 unspecified atom stereocenters. The Labute approximate surface area is 112 Å². The predicted molar refractivity (Wildman–Crippen MR) is 69.7 cm³/mol. The van der Waals surface area contributed by atoms with Crippen LogP contribution in [0.2, 0.25) is 0 Å². The van der Waals surface area contributed by atoms with Crippen molar-refractivity contribution in [2.75, 3.05) is 0 Å². The minimum atomic E-state index is -1.03. The molecule has 0 aliphatic carbocycles. The fraction of sp³-hybridized carbons (Fsp3) is 0.583. The Hall–Kier alpha value is -2.05. The highest BCUT2D eigenvalue weighted by molar-refractivity contribution is 5.82. The van der Waals surface area contributed by atoms with Crippen molar-refractivity contribution in [1.29, 1.82) is 0 Å². The van der Waals surface area contributed by atoms with E-state index in [4.69, 9.17) is 5.11 Å². The number of aryl methyl sites for hydroxylation is 2. The maximum absolute atomic E-state index is 11.6. The zero-order chi connectivity index (χ0) is 14.4. The molecule has 0 bridgehead atoms. The van der Waals surface area contributed by atoms with E-state index in [2.05, 4.69) is 15.7 Å². The molecule has 0 radical (unpaired) electrons. The van der Waals surface area contributed by atoms with Gasteiger partial charge in [-0.1, -0.05) is 13.8 Å². The average molecular weight is 268 g/mol. The quantitative estimate of drug-likeness (QED) is 0.705. The van der Waals surface area contributed by atoms with Crippen molar-refractivity contribution in [3.8, 4) is 0 Å². The number of nitrogens with one attached hydrogen (secondary N) is 2. The molecule has 0 saturated carbocycles. The highest BCUT2D eigenvalue weighted by Gasteiger charge is 2.17. The van der Waals surface area contributed by atoms with Crippen molar-refractivity contribution >= 4 is 12.0 Å². The molecule has 1 heterocycles. The number of hydrogen-bond acceptors (Lipinski definition) is 3. The minimum Gasteiger partial charge on any atom is -0.480 e. The number of carbonyl (C=O) groups excluding carboxylic acids is 1. The lowest BCUT2D eigenvalue weighted by Gasteiger charge is -2.13. The fourth-order valence-electron chi connectivity index (χ4n) is 1.75. The van der Waals surface area contributed by atoms with Crippen LogP contribution in [0.15, 0.2) is 6.20 Å². The van der Waals surface area contributed by atoms with Gasteiger partial charge in [0.15, 0.2) is 0 Å². The molecule has 0 aliphatic rings. The molecule has 0 aromatic carbocycles. The van der Waals surface area contributed by atoms with E-state index < -0.39 is 18.0 Å². The van der Waals surface area contributed by atoms with Crippen LogP contribution in [-0.4, -0.2) is 32.9 Å². The summed E-state index contributed by atoms with van der Waals surface area (Å²) in [6.07, 6.45) is 2.97. The van der Waals surface area contributed by atoms with Crippen LogP contribution in [0.25, 0.3) is 0 Å². The summed E-state index contributed by atoms with van der Waals surface area (Å²) in [5, 5.41) is 18.1. The number of hydrogen-bond donors (Lipinski definition) is 3. The second kappa shape index (κ2) is 6.77. The van der Waals surface area contributed by atoms with Crippen molar-refractivity contribution in [3.63, 3.8) is 0 Å². The number of nitrogens with zero attached hydrogens (tertiary/aromatic N) is 2. The lowest BCUT2D eigenvalue weighted by atomic mass is 10.2. The summed E-state index contributed by atoms with van der Waals surface area (Å²) in [5.41, 5.74) is 1.86. The number of carbonyl (C=O) groups is 2. The van der Waals surface area contributed by atoms with Crippen LogP contribution >= 0.6 is 0 Å². The van der Waals surface area contributed by atoms with Gasteiger partial charge in [-0.15, -0.1) is 0 Å². The molecule has 0 fully saturated rings. The molecule has 3 N–H and O–H groups in total. The Morgan fingerprint density at radius 3 is 2.68 bits per heavy atom. The summed E-state index contributed by atoms with van der Waals surface area (Å²) < 4.78 is 1.69. The number of aromatic nitrogens is 2. The van der Waals surface area contributed by atoms with E-state index in [0.29, 0.717) is 13.0 Å². The lowest BCUT2D eigenvalue weighted by Crippen LogP contribution is -2.45. The summed E-state index contributed by atoms with van der Waals surface area (Å²) in [6, 6.07) is -1.35. The first kappa shape index (κ1) is 15.0. The van der Waals surface area contributed by atoms with Crippen LogP contribution in [0, 0.1) is 0 Å². The largest absolute Gasteiger partial charge is 0.480 e. The topological polar surface area (TPSA) is 96.3 Å². The predicted octanol–water partition coefficient (Wildman–Crippen LogP) is 0.645. The third kappa shape index (κ3) is 4.27. The average Bonchev–Trinajstić information content (AvgIpc) is 2.73. The summed E-state index contributed by atoms with van der Waals surface area (Å²) in [6.45, 7) is 4.03. The second-order valence-electron chi connectivity index (χ2n) is 4.25. The third-order valence-corrected chi connectivity index (χ3v) is 2.78. The van der Waals surface area contributed by atoms with Crippen molar-refractivity contribution in [3.05, 3.63) is 17.5 Å². The minimum absolute atomic E-state index is 0.332. The first-order valence-corrected chi connectivity index (χ1v) is 6.26. The molecule has 1 rings (SSSR count). The highest BCUT2D eigenvalue weighted by atomic mass is 16.4. The van der Waals surface area contributed by atoms with Gasteiger partial charge in [0, 0.05) is 25.4 Å². The highest BCUT2D eigenvalue weighted by Crippen LogP contribution is 2.06. The summed E-state index contributed by atoms with van der Waals surface area (Å²) in [4.78, 5) is 22.4. The number of amides is 2. The van der Waals surface area contributed by atoms with Gasteiger partial charge in [0.25, 0.3) is 0 Å². The standard InChI is InChI=1S/C12H20N4O3/c1-4-9-8(7-16(3)15-9)6-13-12(19)14-10(5-2)11(17)18/h7,10H,4-6H2,1-3H3,(H,17,18)(H2,13,14,19)/t10-/m0/s1. The van der Waals surface area contributed by atoms with Crippen LogP contribution in [0.1, 0.15) is 31.5 Å². The second-order valence-corrected chi connectivity index (χ2v) is 4.25. The maximum Gasteiger partial charge on any atom is 0.326 e. The van der Waals surface area contributed by atoms with E-state index in [1.165, 1.54) is 0 Å². The van der Waals surface area contributed by atoms with Gasteiger partial charge in [-0.25, -0.2) is 9.59 Å². The van der Waals surface area contributed by atoms with Gasteiger partial charge in [-0.2, -0.15) is 5.10 Å².